The Morgan fingerprint density at radius 2 is 1.06 bits per heavy atom. The Bertz CT molecular complexity index is 1030. The van der Waals surface area contributed by atoms with Crippen LogP contribution in [0.1, 0.15) is 16.7 Å². The third kappa shape index (κ3) is 6.58. The first-order valence-electron chi connectivity index (χ1n) is 11.6. The molecule has 1 saturated heterocycles. The molecule has 0 aromatic heterocycles. The maximum Gasteiger partial charge on any atom is 0.251 e. The van der Waals surface area contributed by atoms with Crippen molar-refractivity contribution in [2.45, 2.75) is 19.3 Å². The van der Waals surface area contributed by atoms with Gasteiger partial charge in [-0.25, -0.2) is 0 Å². The van der Waals surface area contributed by atoms with E-state index in [0.717, 1.165) is 30.4 Å². The molecular formula is C28H29N3O2S. The van der Waals surface area contributed by atoms with E-state index in [1.807, 2.05) is 54.6 Å². The molecule has 0 atom stereocenters. The van der Waals surface area contributed by atoms with E-state index >= 15 is 0 Å². The molecule has 3 aromatic rings. The van der Waals surface area contributed by atoms with E-state index in [0.29, 0.717) is 19.6 Å². The van der Waals surface area contributed by atoms with Crippen LogP contribution in [0, 0.1) is 5.92 Å². The molecule has 34 heavy (non-hydrogen) atoms. The normalized spacial score (nSPS) is 14.8. The lowest BCUT2D eigenvalue weighted by atomic mass is 10.1. The average Bonchev–Trinajstić information content (AvgIpc) is 2.89. The first-order valence-corrected chi connectivity index (χ1v) is 12.4. The fourth-order valence-electron chi connectivity index (χ4n) is 3.81. The van der Waals surface area contributed by atoms with E-state index in [4.69, 9.17) is 0 Å². The van der Waals surface area contributed by atoms with Gasteiger partial charge in [-0.15, -0.1) is 0 Å². The van der Waals surface area contributed by atoms with E-state index in [2.05, 4.69) is 41.4 Å². The van der Waals surface area contributed by atoms with Crippen LogP contribution in [-0.2, 0) is 28.9 Å². The molecular weight excluding hydrogens is 442 g/mol. The minimum Gasteiger partial charge on any atom is -0.296 e. The summed E-state index contributed by atoms with van der Waals surface area (Å²) in [5.74, 6) is -1.25. The van der Waals surface area contributed by atoms with Gasteiger partial charge in [0.1, 0.15) is 0 Å². The lowest BCUT2D eigenvalue weighted by Crippen LogP contribution is -2.50. The molecule has 1 fully saturated rings. The van der Waals surface area contributed by atoms with E-state index in [1.165, 1.54) is 17.7 Å². The molecule has 0 aliphatic carbocycles. The van der Waals surface area contributed by atoms with Gasteiger partial charge >= 0.3 is 0 Å². The molecule has 5 nitrogen and oxygen atoms in total. The average molecular weight is 472 g/mol. The lowest BCUT2D eigenvalue weighted by molar-refractivity contribution is -0.140. The maximum absolute atomic E-state index is 13.2. The van der Waals surface area contributed by atoms with Crippen molar-refractivity contribution in [1.82, 2.24) is 8.61 Å². The molecule has 0 unspecified atom stereocenters. The van der Waals surface area contributed by atoms with E-state index in [9.17, 15) is 9.59 Å². The summed E-state index contributed by atoms with van der Waals surface area (Å²) in [7, 11) is 0. The second-order valence-electron chi connectivity index (χ2n) is 8.20. The summed E-state index contributed by atoms with van der Waals surface area (Å²) >= 11 is 1.23. The standard InChI is InChI=1S/C28H29N3O2S/c32-27-26(22-29-19-16-23-10-4-1-5-11-23)28(33)31(21-18-25-14-8-3-9-15-25)34-30(27)20-17-24-12-6-2-7-13-24/h1-15,22,26H,16-21H2. The number of nitrogens with zero attached hydrogens (tertiary/aromatic N) is 3. The van der Waals surface area contributed by atoms with Gasteiger partial charge in [0.2, 0.25) is 0 Å². The topological polar surface area (TPSA) is 53.0 Å². The molecule has 0 saturated carbocycles. The van der Waals surface area contributed by atoms with Crippen molar-refractivity contribution in [3.8, 4) is 0 Å². The summed E-state index contributed by atoms with van der Waals surface area (Å²) in [6.45, 7) is 1.62. The molecule has 3 aromatic carbocycles. The minimum atomic E-state index is -0.872. The number of aliphatic imine (C=N–C) groups is 1. The summed E-state index contributed by atoms with van der Waals surface area (Å²) < 4.78 is 3.43. The van der Waals surface area contributed by atoms with E-state index < -0.39 is 5.92 Å². The second-order valence-corrected chi connectivity index (χ2v) is 9.25. The van der Waals surface area contributed by atoms with Crippen LogP contribution in [-0.4, -0.2) is 46.3 Å². The Morgan fingerprint density at radius 1 is 0.647 bits per heavy atom. The predicted molar refractivity (Wildman–Crippen MR) is 138 cm³/mol. The van der Waals surface area contributed by atoms with Crippen LogP contribution in [0.5, 0.6) is 0 Å². The van der Waals surface area contributed by atoms with Crippen molar-refractivity contribution in [2.24, 2.45) is 10.9 Å². The summed E-state index contributed by atoms with van der Waals surface area (Å²) in [4.78, 5) is 30.9. The molecule has 0 N–H and O–H groups in total. The van der Waals surface area contributed by atoms with Crippen molar-refractivity contribution in [3.63, 3.8) is 0 Å². The zero-order valence-corrected chi connectivity index (χ0v) is 19.9. The van der Waals surface area contributed by atoms with Crippen LogP contribution in [0.15, 0.2) is 96.0 Å². The highest BCUT2D eigenvalue weighted by molar-refractivity contribution is 7.95. The van der Waals surface area contributed by atoms with Crippen LogP contribution < -0.4 is 0 Å². The molecule has 0 spiro atoms. The summed E-state index contributed by atoms with van der Waals surface area (Å²) in [5.41, 5.74) is 3.51. The van der Waals surface area contributed by atoms with Gasteiger partial charge < -0.3 is 0 Å². The molecule has 6 heteroatoms. The van der Waals surface area contributed by atoms with E-state index in [-0.39, 0.29) is 11.8 Å². The Balaban J connectivity index is 1.43. The number of hydrogen-bond donors (Lipinski definition) is 0. The summed E-state index contributed by atoms with van der Waals surface area (Å²) in [6, 6.07) is 30.3. The molecule has 2 amide bonds. The van der Waals surface area contributed by atoms with Crippen molar-refractivity contribution >= 4 is 30.2 Å². The zero-order valence-electron chi connectivity index (χ0n) is 19.1. The summed E-state index contributed by atoms with van der Waals surface area (Å²) in [6.07, 6.45) is 3.80. The van der Waals surface area contributed by atoms with Gasteiger partial charge in [-0.3, -0.25) is 23.2 Å². The highest BCUT2D eigenvalue weighted by Gasteiger charge is 2.40. The number of rotatable bonds is 10. The zero-order chi connectivity index (χ0) is 23.6. The monoisotopic (exact) mass is 471 g/mol. The molecule has 0 bridgehead atoms. The second kappa shape index (κ2) is 12.2. The van der Waals surface area contributed by atoms with Crippen LogP contribution in [0.25, 0.3) is 0 Å². The van der Waals surface area contributed by atoms with Crippen molar-refractivity contribution in [3.05, 3.63) is 108 Å². The predicted octanol–water partition coefficient (Wildman–Crippen LogP) is 4.64. The van der Waals surface area contributed by atoms with E-state index in [1.54, 1.807) is 14.8 Å². The molecule has 0 radical (unpaired) electrons. The molecule has 1 heterocycles. The number of carbonyl (C=O) groups is 2. The fourth-order valence-corrected chi connectivity index (χ4v) is 4.79. The number of carbonyl (C=O) groups excluding carboxylic acids is 2. The van der Waals surface area contributed by atoms with Gasteiger partial charge in [-0.1, -0.05) is 91.0 Å². The number of amides is 2. The van der Waals surface area contributed by atoms with Gasteiger partial charge in [0.05, 0.1) is 12.1 Å². The van der Waals surface area contributed by atoms with Gasteiger partial charge in [0, 0.05) is 25.8 Å². The SMILES string of the molecule is O=C1C(C=NCCc2ccccc2)C(=O)N(CCc2ccccc2)SN1CCc1ccccc1. The highest BCUT2D eigenvalue weighted by Crippen LogP contribution is 2.28. The van der Waals surface area contributed by atoms with Crippen molar-refractivity contribution in [2.75, 3.05) is 19.6 Å². The molecule has 4 rings (SSSR count). The largest absolute Gasteiger partial charge is 0.296 e. The van der Waals surface area contributed by atoms with Gasteiger partial charge in [0.15, 0.2) is 5.92 Å². The van der Waals surface area contributed by atoms with Crippen LogP contribution in [0.4, 0.5) is 0 Å². The quantitative estimate of drug-likeness (QED) is 0.246. The van der Waals surface area contributed by atoms with Crippen LogP contribution in [0.3, 0.4) is 0 Å². The third-order valence-corrected chi connectivity index (χ3v) is 6.86. The smallest absolute Gasteiger partial charge is 0.251 e. The minimum absolute atomic E-state index is 0.189. The fraction of sp³-hybridized carbons (Fsp3) is 0.250. The number of hydrogen-bond acceptors (Lipinski definition) is 4. The molecule has 1 aliphatic heterocycles. The van der Waals surface area contributed by atoms with Crippen LogP contribution in [0.2, 0.25) is 0 Å². The first kappa shape index (κ1) is 23.8. The Morgan fingerprint density at radius 3 is 1.50 bits per heavy atom. The Labute approximate surface area is 205 Å². The van der Waals surface area contributed by atoms with Crippen LogP contribution >= 0.6 is 12.1 Å². The first-order chi connectivity index (χ1) is 16.7. The van der Waals surface area contributed by atoms with Crippen molar-refractivity contribution < 1.29 is 9.59 Å². The molecule has 174 valence electrons. The Kier molecular flexibility index (Phi) is 8.52. The molecule has 1 aliphatic rings. The maximum atomic E-state index is 13.2. The number of benzene rings is 3. The Hall–Kier alpha value is -3.38. The summed E-state index contributed by atoms with van der Waals surface area (Å²) in [5, 5.41) is 0. The van der Waals surface area contributed by atoms with Gasteiger partial charge in [-0.05, 0) is 36.0 Å². The lowest BCUT2D eigenvalue weighted by Gasteiger charge is -2.36. The third-order valence-electron chi connectivity index (χ3n) is 5.74. The van der Waals surface area contributed by atoms with Gasteiger partial charge in [0.25, 0.3) is 11.8 Å². The van der Waals surface area contributed by atoms with Crippen molar-refractivity contribution in [1.29, 1.82) is 0 Å². The highest BCUT2D eigenvalue weighted by atomic mass is 32.2. The van der Waals surface area contributed by atoms with Gasteiger partial charge in [-0.2, -0.15) is 0 Å².